The van der Waals surface area contributed by atoms with Crippen LogP contribution in [-0.4, -0.2) is 47.7 Å². The van der Waals surface area contributed by atoms with E-state index in [2.05, 4.69) is 45.1 Å². The van der Waals surface area contributed by atoms with Gasteiger partial charge < -0.3 is 10.2 Å². The van der Waals surface area contributed by atoms with E-state index < -0.39 is 0 Å². The Balaban J connectivity index is 1.42. The summed E-state index contributed by atoms with van der Waals surface area (Å²) in [5.74, 6) is 3.35. The van der Waals surface area contributed by atoms with Crippen LogP contribution in [0.3, 0.4) is 0 Å². The molecule has 0 unspecified atom stereocenters. The van der Waals surface area contributed by atoms with E-state index in [0.717, 1.165) is 44.0 Å². The normalized spacial score (nSPS) is 35.3. The summed E-state index contributed by atoms with van der Waals surface area (Å²) >= 11 is 0. The summed E-state index contributed by atoms with van der Waals surface area (Å²) in [5.41, 5.74) is 2.47. The van der Waals surface area contributed by atoms with Gasteiger partial charge in [-0.2, -0.15) is 0 Å². The lowest BCUT2D eigenvalue weighted by Crippen LogP contribution is -2.51. The van der Waals surface area contributed by atoms with E-state index in [1.54, 1.807) is 4.90 Å². The Bertz CT molecular complexity index is 963. The fraction of sp³-hybridized carbons (Fsp3) is 0.844. The number of ketones is 1. The third-order valence-corrected chi connectivity index (χ3v) is 10.8. The lowest BCUT2D eigenvalue weighted by atomic mass is 9.46. The van der Waals surface area contributed by atoms with Crippen LogP contribution >= 0.6 is 0 Å². The minimum Gasteiger partial charge on any atom is -0.315 e. The highest BCUT2D eigenvalue weighted by atomic mass is 16.7. The van der Waals surface area contributed by atoms with Crippen molar-refractivity contribution in [2.45, 2.75) is 112 Å². The quantitative estimate of drug-likeness (QED) is 0.168. The maximum atomic E-state index is 13.1. The zero-order valence-electron chi connectivity index (χ0n) is 25.4. The number of carbonyl (C=O) groups is 2. The molecule has 1 N–H and O–H groups in total. The number of fused-ring (bicyclic) bond motifs is 5. The molecular weight excluding hydrogens is 474 g/mol. The number of carbonyl (C=O) groups excluding carboxylic acids is 2. The van der Waals surface area contributed by atoms with E-state index in [-0.39, 0.29) is 22.5 Å². The first-order valence-electron chi connectivity index (χ1n) is 15.2. The molecule has 3 saturated carbocycles. The highest BCUT2D eigenvalue weighted by molar-refractivity contribution is 5.91. The van der Waals surface area contributed by atoms with E-state index in [4.69, 9.17) is 4.84 Å². The van der Waals surface area contributed by atoms with Crippen molar-refractivity contribution in [1.29, 1.82) is 0 Å². The van der Waals surface area contributed by atoms with Crippen molar-refractivity contribution in [1.82, 2.24) is 10.2 Å². The van der Waals surface area contributed by atoms with E-state index in [0.29, 0.717) is 42.4 Å². The van der Waals surface area contributed by atoms with Crippen LogP contribution in [0, 0.1) is 40.4 Å². The van der Waals surface area contributed by atoms with Crippen LogP contribution in [-0.2, 0) is 9.63 Å². The van der Waals surface area contributed by atoms with Crippen molar-refractivity contribution in [3.8, 4) is 0 Å². The van der Waals surface area contributed by atoms with Gasteiger partial charge in [0.25, 0.3) is 0 Å². The van der Waals surface area contributed by atoms with Crippen molar-refractivity contribution in [3.05, 3.63) is 11.6 Å². The summed E-state index contributed by atoms with van der Waals surface area (Å²) in [7, 11) is 0. The number of nitrogens with one attached hydrogen (secondary N) is 1. The molecule has 0 aromatic heterocycles. The molecule has 6 atom stereocenters. The number of nitrogens with zero attached hydrogens (tertiary/aromatic N) is 2. The summed E-state index contributed by atoms with van der Waals surface area (Å²) in [6.45, 7) is 19.8. The molecular formula is C32H53N3O3. The SMILES string of the molecule is C/C(=N\OC(=O)N(CCNCC(C)C)C(C)(C)C)[C@H]1CC[C@H]2[C@@H]3CCC4=CC(=O)CC[C@]4(C)[C@H]3CC[C@]12C. The standard InChI is InChI=1S/C32H53N3O3/c1-21(2)20-33-17-18-35(30(4,5)6)29(37)38-34-22(3)26-11-12-27-25-10-9-23-19-24(36)13-15-31(23,7)28(25)14-16-32(26,27)8/h19,21,25-28,33H,9-18,20H2,1-8H3/b34-22+/t25-,26+,27-,28-,31-,32+/m0/s1. The van der Waals surface area contributed by atoms with Gasteiger partial charge in [-0.15, -0.1) is 0 Å². The Hall–Kier alpha value is -1.69. The summed E-state index contributed by atoms with van der Waals surface area (Å²) in [6, 6.07) is 0. The second-order valence-corrected chi connectivity index (χ2v) is 14.7. The Kier molecular flexibility index (Phi) is 8.53. The van der Waals surface area contributed by atoms with Gasteiger partial charge in [0.2, 0.25) is 0 Å². The van der Waals surface area contributed by atoms with Crippen molar-refractivity contribution in [2.24, 2.45) is 45.6 Å². The largest absolute Gasteiger partial charge is 0.436 e. The zero-order chi connectivity index (χ0) is 27.9. The summed E-state index contributed by atoms with van der Waals surface area (Å²) in [6.07, 6.45) is 10.4. The van der Waals surface area contributed by atoms with Gasteiger partial charge in [-0.1, -0.05) is 38.4 Å². The van der Waals surface area contributed by atoms with Crippen LogP contribution in [0.1, 0.15) is 107 Å². The molecule has 6 heteroatoms. The Morgan fingerprint density at radius 2 is 1.87 bits per heavy atom. The van der Waals surface area contributed by atoms with E-state index >= 15 is 0 Å². The predicted octanol–water partition coefficient (Wildman–Crippen LogP) is 6.99. The van der Waals surface area contributed by atoms with Crippen LogP contribution in [0.15, 0.2) is 16.8 Å². The van der Waals surface area contributed by atoms with Gasteiger partial charge >= 0.3 is 6.09 Å². The first-order valence-corrected chi connectivity index (χ1v) is 15.2. The average Bonchev–Trinajstić information content (AvgIpc) is 3.19. The number of allylic oxidation sites excluding steroid dienone is 1. The van der Waals surface area contributed by atoms with Crippen LogP contribution in [0.5, 0.6) is 0 Å². The second kappa shape index (κ2) is 11.1. The van der Waals surface area contributed by atoms with Gasteiger partial charge in [0.1, 0.15) is 0 Å². The van der Waals surface area contributed by atoms with Crippen LogP contribution in [0.4, 0.5) is 4.79 Å². The maximum Gasteiger partial charge on any atom is 0.436 e. The van der Waals surface area contributed by atoms with Crippen LogP contribution < -0.4 is 5.32 Å². The van der Waals surface area contributed by atoms with Crippen molar-refractivity contribution < 1.29 is 14.4 Å². The maximum absolute atomic E-state index is 13.1. The number of amides is 1. The Morgan fingerprint density at radius 1 is 1.13 bits per heavy atom. The fourth-order valence-corrected chi connectivity index (χ4v) is 8.75. The molecule has 3 fully saturated rings. The van der Waals surface area contributed by atoms with Crippen LogP contribution in [0.2, 0.25) is 0 Å². The molecule has 38 heavy (non-hydrogen) atoms. The fourth-order valence-electron chi connectivity index (χ4n) is 8.75. The lowest BCUT2D eigenvalue weighted by Gasteiger charge is -2.58. The molecule has 0 spiro atoms. The van der Waals surface area contributed by atoms with Gasteiger partial charge in [0.05, 0.1) is 5.71 Å². The predicted molar refractivity (Wildman–Crippen MR) is 154 cm³/mol. The van der Waals surface area contributed by atoms with Crippen molar-refractivity contribution in [3.63, 3.8) is 0 Å². The minimum absolute atomic E-state index is 0.202. The van der Waals surface area contributed by atoms with Gasteiger partial charge in [-0.05, 0) is 120 Å². The van der Waals surface area contributed by atoms with E-state index in [9.17, 15) is 9.59 Å². The van der Waals surface area contributed by atoms with Gasteiger partial charge in [0, 0.05) is 31.0 Å². The number of oxime groups is 1. The summed E-state index contributed by atoms with van der Waals surface area (Å²) in [5, 5.41) is 7.91. The first kappa shape index (κ1) is 29.3. The molecule has 0 aromatic carbocycles. The molecule has 0 aliphatic heterocycles. The molecule has 4 aliphatic carbocycles. The van der Waals surface area contributed by atoms with Crippen molar-refractivity contribution >= 4 is 17.6 Å². The number of hydrogen-bond acceptors (Lipinski definition) is 5. The van der Waals surface area contributed by atoms with Crippen molar-refractivity contribution in [2.75, 3.05) is 19.6 Å². The molecule has 4 aliphatic rings. The first-order chi connectivity index (χ1) is 17.8. The van der Waals surface area contributed by atoms with Crippen LogP contribution in [0.25, 0.3) is 0 Å². The van der Waals surface area contributed by atoms with Gasteiger partial charge in [0.15, 0.2) is 5.78 Å². The van der Waals surface area contributed by atoms with Gasteiger partial charge in [-0.25, -0.2) is 4.79 Å². The van der Waals surface area contributed by atoms with E-state index in [1.807, 2.05) is 26.8 Å². The average molecular weight is 528 g/mol. The second-order valence-electron chi connectivity index (χ2n) is 14.7. The van der Waals surface area contributed by atoms with E-state index in [1.165, 1.54) is 31.3 Å². The topological polar surface area (TPSA) is 71.0 Å². The third-order valence-electron chi connectivity index (χ3n) is 10.8. The Labute approximate surface area is 231 Å². The molecule has 214 valence electrons. The lowest BCUT2D eigenvalue weighted by molar-refractivity contribution is -0.117. The molecule has 0 aromatic rings. The molecule has 6 nitrogen and oxygen atoms in total. The molecule has 4 rings (SSSR count). The molecule has 0 heterocycles. The smallest absolute Gasteiger partial charge is 0.315 e. The molecule has 0 bridgehead atoms. The number of rotatable bonds is 7. The minimum atomic E-state index is -0.363. The Morgan fingerprint density at radius 3 is 2.55 bits per heavy atom. The van der Waals surface area contributed by atoms with Gasteiger partial charge in [-0.3, -0.25) is 9.63 Å². The highest BCUT2D eigenvalue weighted by Crippen LogP contribution is 2.66. The number of hydrogen-bond donors (Lipinski definition) is 1. The summed E-state index contributed by atoms with van der Waals surface area (Å²) < 4.78 is 0. The monoisotopic (exact) mass is 527 g/mol. The zero-order valence-corrected chi connectivity index (χ0v) is 25.4. The third kappa shape index (κ3) is 5.62. The molecule has 1 amide bonds. The molecule has 0 radical (unpaired) electrons. The summed E-state index contributed by atoms with van der Waals surface area (Å²) in [4.78, 5) is 32.7. The molecule has 0 saturated heterocycles. The highest BCUT2D eigenvalue weighted by Gasteiger charge is 2.59.